The van der Waals surface area contributed by atoms with Gasteiger partial charge in [0, 0.05) is 31.3 Å². The Kier molecular flexibility index (Phi) is 5.48. The van der Waals surface area contributed by atoms with Gasteiger partial charge in [0.25, 0.3) is 5.56 Å². The van der Waals surface area contributed by atoms with E-state index in [0.29, 0.717) is 17.0 Å². The summed E-state index contributed by atoms with van der Waals surface area (Å²) in [5.74, 6) is -0.178. The van der Waals surface area contributed by atoms with E-state index in [2.05, 4.69) is 20.4 Å². The molecule has 2 N–H and O–H groups in total. The molecule has 0 bridgehead atoms. The second-order valence-corrected chi connectivity index (χ2v) is 6.21. The van der Waals surface area contributed by atoms with E-state index in [1.807, 2.05) is 0 Å². The summed E-state index contributed by atoms with van der Waals surface area (Å²) in [4.78, 5) is 18.6. The van der Waals surface area contributed by atoms with Crippen molar-refractivity contribution < 1.29 is 17.6 Å². The molecule has 28 heavy (non-hydrogen) atoms. The van der Waals surface area contributed by atoms with Crippen LogP contribution in [0.15, 0.2) is 41.2 Å². The molecule has 0 spiro atoms. The van der Waals surface area contributed by atoms with Crippen LogP contribution in [0.25, 0.3) is 0 Å². The Balaban J connectivity index is 1.68. The SMILES string of the molecule is Cc1cc(C(F)(F)F)nn1CCc1cc(=O)[nH]c(NCc2cccc(F)c2)n1. The fraction of sp³-hybridized carbons (Fsp3) is 0.278. The number of benzene rings is 1. The lowest BCUT2D eigenvalue weighted by molar-refractivity contribution is -0.141. The minimum Gasteiger partial charge on any atom is -0.352 e. The highest BCUT2D eigenvalue weighted by atomic mass is 19.4. The summed E-state index contributed by atoms with van der Waals surface area (Å²) in [5.41, 5.74) is 0.0664. The number of rotatable bonds is 6. The highest BCUT2D eigenvalue weighted by Gasteiger charge is 2.34. The van der Waals surface area contributed by atoms with Gasteiger partial charge in [-0.25, -0.2) is 9.37 Å². The zero-order chi connectivity index (χ0) is 20.3. The van der Waals surface area contributed by atoms with Gasteiger partial charge in [0.15, 0.2) is 5.69 Å². The number of nitrogens with one attached hydrogen (secondary N) is 2. The molecule has 0 saturated heterocycles. The predicted molar refractivity (Wildman–Crippen MR) is 94.3 cm³/mol. The van der Waals surface area contributed by atoms with E-state index >= 15 is 0 Å². The van der Waals surface area contributed by atoms with Crippen molar-refractivity contribution >= 4 is 5.95 Å². The standard InChI is InChI=1S/C18H17F4N5O/c1-11-7-15(18(20,21)22)26-27(11)6-5-14-9-16(28)25-17(24-14)23-10-12-3-2-4-13(19)8-12/h2-4,7-9H,5-6,10H2,1H3,(H2,23,24,25,28). The average Bonchev–Trinajstić information content (AvgIpc) is 2.99. The molecule has 0 fully saturated rings. The zero-order valence-electron chi connectivity index (χ0n) is 14.8. The van der Waals surface area contributed by atoms with E-state index in [0.717, 1.165) is 6.07 Å². The maximum atomic E-state index is 13.2. The third-order valence-electron chi connectivity index (χ3n) is 4.00. The van der Waals surface area contributed by atoms with Crippen molar-refractivity contribution in [2.24, 2.45) is 0 Å². The van der Waals surface area contributed by atoms with Crippen molar-refractivity contribution in [2.45, 2.75) is 32.6 Å². The van der Waals surface area contributed by atoms with Crippen molar-refractivity contribution in [2.75, 3.05) is 5.32 Å². The van der Waals surface area contributed by atoms with Gasteiger partial charge in [0.1, 0.15) is 5.82 Å². The first-order valence-corrected chi connectivity index (χ1v) is 8.41. The second kappa shape index (κ2) is 7.83. The van der Waals surface area contributed by atoms with Gasteiger partial charge < -0.3 is 5.32 Å². The number of aryl methyl sites for hydroxylation is 3. The van der Waals surface area contributed by atoms with Crippen LogP contribution in [0.5, 0.6) is 0 Å². The molecular weight excluding hydrogens is 378 g/mol. The summed E-state index contributed by atoms with van der Waals surface area (Å²) in [5, 5.41) is 6.45. The lowest BCUT2D eigenvalue weighted by Crippen LogP contribution is -2.16. The Hall–Kier alpha value is -3.17. The van der Waals surface area contributed by atoms with Crippen molar-refractivity contribution in [3.63, 3.8) is 0 Å². The molecule has 10 heteroatoms. The average molecular weight is 395 g/mol. The second-order valence-electron chi connectivity index (χ2n) is 6.21. The Morgan fingerprint density at radius 1 is 1.21 bits per heavy atom. The summed E-state index contributed by atoms with van der Waals surface area (Å²) in [6.45, 7) is 1.92. The van der Waals surface area contributed by atoms with Gasteiger partial charge in [0.2, 0.25) is 5.95 Å². The molecule has 0 saturated carbocycles. The maximum absolute atomic E-state index is 13.2. The van der Waals surface area contributed by atoms with Crippen molar-refractivity contribution in [3.05, 3.63) is 75.2 Å². The number of anilines is 1. The molecule has 2 heterocycles. The van der Waals surface area contributed by atoms with Gasteiger partial charge in [-0.2, -0.15) is 18.3 Å². The third kappa shape index (κ3) is 4.96. The summed E-state index contributed by atoms with van der Waals surface area (Å²) in [6.07, 6.45) is -4.29. The van der Waals surface area contributed by atoms with E-state index in [9.17, 15) is 22.4 Å². The highest BCUT2D eigenvalue weighted by Crippen LogP contribution is 2.28. The minimum absolute atomic E-state index is 0.141. The maximum Gasteiger partial charge on any atom is 0.435 e. The molecule has 0 radical (unpaired) electrons. The monoisotopic (exact) mass is 395 g/mol. The van der Waals surface area contributed by atoms with Crippen LogP contribution in [0.1, 0.15) is 22.6 Å². The Bertz CT molecular complexity index is 1030. The number of alkyl halides is 3. The number of nitrogens with zero attached hydrogens (tertiary/aromatic N) is 3. The van der Waals surface area contributed by atoms with Crippen LogP contribution in [-0.2, 0) is 25.7 Å². The quantitative estimate of drug-likeness (QED) is 0.628. The van der Waals surface area contributed by atoms with Gasteiger partial charge in [-0.05, 0) is 30.7 Å². The van der Waals surface area contributed by atoms with Crippen LogP contribution in [0.4, 0.5) is 23.5 Å². The molecule has 0 aliphatic carbocycles. The van der Waals surface area contributed by atoms with Gasteiger partial charge in [-0.3, -0.25) is 14.5 Å². The first-order chi connectivity index (χ1) is 13.2. The first kappa shape index (κ1) is 19.6. The van der Waals surface area contributed by atoms with Crippen LogP contribution >= 0.6 is 0 Å². The van der Waals surface area contributed by atoms with Gasteiger partial charge in [-0.15, -0.1) is 0 Å². The van der Waals surface area contributed by atoms with E-state index < -0.39 is 17.4 Å². The number of aromatic nitrogens is 4. The van der Waals surface area contributed by atoms with Crippen LogP contribution in [-0.4, -0.2) is 19.7 Å². The Labute approximate surface area is 157 Å². The number of aromatic amines is 1. The molecular formula is C18H17F4N5O. The summed E-state index contributed by atoms with van der Waals surface area (Å²) >= 11 is 0. The van der Waals surface area contributed by atoms with E-state index in [4.69, 9.17) is 0 Å². The number of hydrogen-bond donors (Lipinski definition) is 2. The van der Waals surface area contributed by atoms with Gasteiger partial charge >= 0.3 is 6.18 Å². The van der Waals surface area contributed by atoms with Crippen molar-refractivity contribution in [3.8, 4) is 0 Å². The van der Waals surface area contributed by atoms with E-state index in [1.165, 1.54) is 29.8 Å². The molecule has 3 rings (SSSR count). The molecule has 0 unspecified atom stereocenters. The smallest absolute Gasteiger partial charge is 0.352 e. The topological polar surface area (TPSA) is 75.6 Å². The lowest BCUT2D eigenvalue weighted by atomic mass is 10.2. The molecule has 6 nitrogen and oxygen atoms in total. The normalized spacial score (nSPS) is 11.6. The fourth-order valence-corrected chi connectivity index (χ4v) is 2.65. The van der Waals surface area contributed by atoms with Gasteiger partial charge in [0.05, 0.1) is 5.69 Å². The Morgan fingerprint density at radius 3 is 2.68 bits per heavy atom. The zero-order valence-corrected chi connectivity index (χ0v) is 14.8. The first-order valence-electron chi connectivity index (χ1n) is 8.41. The third-order valence-corrected chi connectivity index (χ3v) is 4.00. The molecule has 2 aromatic heterocycles. The fourth-order valence-electron chi connectivity index (χ4n) is 2.65. The molecule has 0 amide bonds. The van der Waals surface area contributed by atoms with Crippen LogP contribution < -0.4 is 10.9 Å². The molecule has 0 atom stereocenters. The minimum atomic E-state index is -4.51. The van der Waals surface area contributed by atoms with Crippen molar-refractivity contribution in [1.82, 2.24) is 19.7 Å². The summed E-state index contributed by atoms with van der Waals surface area (Å²) in [7, 11) is 0. The summed E-state index contributed by atoms with van der Waals surface area (Å²) in [6, 6.07) is 8.21. The summed E-state index contributed by atoms with van der Waals surface area (Å²) < 4.78 is 52.6. The van der Waals surface area contributed by atoms with Gasteiger partial charge in [-0.1, -0.05) is 12.1 Å². The largest absolute Gasteiger partial charge is 0.435 e. The molecule has 148 valence electrons. The number of hydrogen-bond acceptors (Lipinski definition) is 4. The lowest BCUT2D eigenvalue weighted by Gasteiger charge is -2.08. The van der Waals surface area contributed by atoms with Crippen molar-refractivity contribution in [1.29, 1.82) is 0 Å². The van der Waals surface area contributed by atoms with Crippen LogP contribution in [0, 0.1) is 12.7 Å². The Morgan fingerprint density at radius 2 is 2.00 bits per heavy atom. The van der Waals surface area contributed by atoms with Crippen LogP contribution in [0.3, 0.4) is 0 Å². The number of halogens is 4. The molecule has 0 aliphatic rings. The predicted octanol–water partition coefficient (Wildman–Crippen LogP) is 3.29. The molecule has 1 aromatic carbocycles. The number of H-pyrrole nitrogens is 1. The van der Waals surface area contributed by atoms with E-state index in [-0.39, 0.29) is 31.3 Å². The van der Waals surface area contributed by atoms with E-state index in [1.54, 1.807) is 12.1 Å². The highest BCUT2D eigenvalue weighted by molar-refractivity contribution is 5.28. The van der Waals surface area contributed by atoms with Crippen LogP contribution in [0.2, 0.25) is 0 Å². The molecule has 0 aliphatic heterocycles. The molecule has 3 aromatic rings.